The lowest BCUT2D eigenvalue weighted by Gasteiger charge is -2.14. The van der Waals surface area contributed by atoms with Crippen LogP contribution in [0.15, 0.2) is 47.4 Å². The van der Waals surface area contributed by atoms with Crippen molar-refractivity contribution in [2.24, 2.45) is 0 Å². The van der Waals surface area contributed by atoms with Gasteiger partial charge in [-0.2, -0.15) is 0 Å². The zero-order chi connectivity index (χ0) is 21.0. The van der Waals surface area contributed by atoms with Gasteiger partial charge in [0, 0.05) is 5.02 Å². The number of nitrogens with zero attached hydrogens (tertiary/aromatic N) is 1. The Bertz CT molecular complexity index is 1010. The van der Waals surface area contributed by atoms with Crippen molar-refractivity contribution in [3.05, 3.63) is 58.0 Å². The number of thioether (sulfide) groups is 1. The normalized spacial score (nSPS) is 15.1. The Morgan fingerprint density at radius 3 is 2.72 bits per heavy atom. The maximum absolute atomic E-state index is 12.9. The van der Waals surface area contributed by atoms with Crippen LogP contribution in [0.4, 0.5) is 5.69 Å². The first-order chi connectivity index (χ1) is 13.9. The molecule has 1 aliphatic rings. The van der Waals surface area contributed by atoms with Gasteiger partial charge in [0.15, 0.2) is 22.4 Å². The van der Waals surface area contributed by atoms with E-state index in [-0.39, 0.29) is 5.91 Å². The summed E-state index contributed by atoms with van der Waals surface area (Å²) < 4.78 is 11.2. The SMILES string of the molecule is CCOc1cc(/C=C2/SC(=S)N(c3cccc(Cl)c3)C2=O)ccc1OCC(=O)O. The maximum atomic E-state index is 12.9. The number of amides is 1. The zero-order valence-corrected chi connectivity index (χ0v) is 17.6. The van der Waals surface area contributed by atoms with Gasteiger partial charge in [-0.25, -0.2) is 4.79 Å². The lowest BCUT2D eigenvalue weighted by molar-refractivity contribution is -0.139. The van der Waals surface area contributed by atoms with Crippen molar-refractivity contribution in [3.63, 3.8) is 0 Å². The minimum Gasteiger partial charge on any atom is -0.490 e. The molecule has 9 heteroatoms. The number of carbonyl (C=O) groups is 2. The van der Waals surface area contributed by atoms with Gasteiger partial charge in [-0.15, -0.1) is 0 Å². The lowest BCUT2D eigenvalue weighted by Crippen LogP contribution is -2.27. The fourth-order valence-electron chi connectivity index (χ4n) is 2.60. The molecule has 150 valence electrons. The average Bonchev–Trinajstić information content (AvgIpc) is 2.94. The third kappa shape index (κ3) is 5.09. The molecular formula is C20H16ClNO5S2. The van der Waals surface area contributed by atoms with Crippen LogP contribution in [0.3, 0.4) is 0 Å². The number of rotatable bonds is 7. The van der Waals surface area contributed by atoms with E-state index in [1.54, 1.807) is 48.5 Å². The molecule has 0 unspecified atom stereocenters. The van der Waals surface area contributed by atoms with Gasteiger partial charge >= 0.3 is 5.97 Å². The van der Waals surface area contributed by atoms with Gasteiger partial charge in [-0.1, -0.05) is 47.7 Å². The quantitative estimate of drug-likeness (QED) is 0.488. The number of halogens is 1. The Morgan fingerprint density at radius 2 is 2.03 bits per heavy atom. The molecule has 6 nitrogen and oxygen atoms in total. The summed E-state index contributed by atoms with van der Waals surface area (Å²) in [6.07, 6.45) is 1.70. The summed E-state index contributed by atoms with van der Waals surface area (Å²) in [5.74, 6) is -0.613. The summed E-state index contributed by atoms with van der Waals surface area (Å²) in [5, 5.41) is 9.30. The molecular weight excluding hydrogens is 434 g/mol. The van der Waals surface area contributed by atoms with Crippen LogP contribution in [0.25, 0.3) is 6.08 Å². The van der Waals surface area contributed by atoms with Gasteiger partial charge in [0.1, 0.15) is 0 Å². The second-order valence-electron chi connectivity index (χ2n) is 5.82. The average molecular weight is 450 g/mol. The topological polar surface area (TPSA) is 76.1 Å². The van der Waals surface area contributed by atoms with E-state index in [0.717, 1.165) is 0 Å². The van der Waals surface area contributed by atoms with E-state index >= 15 is 0 Å². The number of carbonyl (C=O) groups excluding carboxylic acids is 1. The third-order valence-electron chi connectivity index (χ3n) is 3.78. The predicted octanol–water partition coefficient (Wildman–Crippen LogP) is 4.61. The molecule has 0 atom stereocenters. The first-order valence-corrected chi connectivity index (χ1v) is 10.1. The number of anilines is 1. The Labute approximate surface area is 182 Å². The highest BCUT2D eigenvalue weighted by atomic mass is 35.5. The van der Waals surface area contributed by atoms with Crippen LogP contribution in [0.1, 0.15) is 12.5 Å². The number of benzene rings is 2. The summed E-state index contributed by atoms with van der Waals surface area (Å²) in [7, 11) is 0. The largest absolute Gasteiger partial charge is 0.490 e. The van der Waals surface area contributed by atoms with Crippen molar-refractivity contribution in [2.45, 2.75) is 6.92 Å². The number of hydrogen-bond acceptors (Lipinski definition) is 6. The third-order valence-corrected chi connectivity index (χ3v) is 5.31. The van der Waals surface area contributed by atoms with Crippen LogP contribution in [0.5, 0.6) is 11.5 Å². The van der Waals surface area contributed by atoms with Gasteiger partial charge in [-0.05, 0) is 48.9 Å². The number of aliphatic carboxylic acids is 1. The molecule has 1 amide bonds. The summed E-state index contributed by atoms with van der Waals surface area (Å²) in [6, 6.07) is 11.9. The molecule has 0 aliphatic carbocycles. The van der Waals surface area contributed by atoms with Crippen molar-refractivity contribution in [1.29, 1.82) is 0 Å². The van der Waals surface area contributed by atoms with Crippen molar-refractivity contribution in [2.75, 3.05) is 18.1 Å². The van der Waals surface area contributed by atoms with E-state index in [0.29, 0.717) is 43.6 Å². The highest BCUT2D eigenvalue weighted by molar-refractivity contribution is 8.27. The molecule has 2 aromatic rings. The Balaban J connectivity index is 1.87. The lowest BCUT2D eigenvalue weighted by atomic mass is 10.1. The van der Waals surface area contributed by atoms with Crippen molar-refractivity contribution < 1.29 is 24.2 Å². The van der Waals surface area contributed by atoms with Gasteiger partial charge in [0.2, 0.25) is 0 Å². The van der Waals surface area contributed by atoms with Crippen LogP contribution in [0, 0.1) is 0 Å². The fourth-order valence-corrected chi connectivity index (χ4v) is 4.08. The van der Waals surface area contributed by atoms with E-state index in [1.807, 2.05) is 6.92 Å². The molecule has 0 saturated carbocycles. The van der Waals surface area contributed by atoms with Gasteiger partial charge in [0.05, 0.1) is 17.2 Å². The van der Waals surface area contributed by atoms with Crippen LogP contribution < -0.4 is 14.4 Å². The second kappa shape index (κ2) is 9.30. The highest BCUT2D eigenvalue weighted by Gasteiger charge is 2.33. The Kier molecular flexibility index (Phi) is 6.79. The second-order valence-corrected chi connectivity index (χ2v) is 7.93. The molecule has 1 saturated heterocycles. The van der Waals surface area contributed by atoms with E-state index in [4.69, 9.17) is 38.4 Å². The van der Waals surface area contributed by atoms with Gasteiger partial charge < -0.3 is 14.6 Å². The number of ether oxygens (including phenoxy) is 2. The van der Waals surface area contributed by atoms with E-state index in [2.05, 4.69) is 0 Å². The van der Waals surface area contributed by atoms with E-state index in [9.17, 15) is 9.59 Å². The smallest absolute Gasteiger partial charge is 0.341 e. The molecule has 0 bridgehead atoms. The molecule has 2 aromatic carbocycles. The molecule has 0 radical (unpaired) electrons. The number of carboxylic acid groups (broad SMARTS) is 1. The van der Waals surface area contributed by atoms with Crippen LogP contribution in [-0.4, -0.2) is 34.5 Å². The minimum absolute atomic E-state index is 0.244. The summed E-state index contributed by atoms with van der Waals surface area (Å²) in [6.45, 7) is 1.71. The van der Waals surface area contributed by atoms with Crippen molar-refractivity contribution >= 4 is 63.5 Å². The summed E-state index contributed by atoms with van der Waals surface area (Å²) in [4.78, 5) is 25.5. The summed E-state index contributed by atoms with van der Waals surface area (Å²) in [5.41, 5.74) is 1.30. The van der Waals surface area contributed by atoms with Crippen LogP contribution in [0.2, 0.25) is 5.02 Å². The van der Waals surface area contributed by atoms with Crippen LogP contribution in [-0.2, 0) is 9.59 Å². The first-order valence-electron chi connectivity index (χ1n) is 8.54. The van der Waals surface area contributed by atoms with Crippen molar-refractivity contribution in [3.8, 4) is 11.5 Å². The van der Waals surface area contributed by atoms with Gasteiger partial charge in [-0.3, -0.25) is 9.69 Å². The van der Waals surface area contributed by atoms with E-state index < -0.39 is 12.6 Å². The van der Waals surface area contributed by atoms with E-state index in [1.165, 1.54) is 16.7 Å². The highest BCUT2D eigenvalue weighted by Crippen LogP contribution is 2.37. The minimum atomic E-state index is -1.08. The molecule has 1 N–H and O–H groups in total. The first kappa shape index (κ1) is 21.2. The molecule has 1 aliphatic heterocycles. The molecule has 1 heterocycles. The monoisotopic (exact) mass is 449 g/mol. The predicted molar refractivity (Wildman–Crippen MR) is 118 cm³/mol. The maximum Gasteiger partial charge on any atom is 0.341 e. The molecule has 29 heavy (non-hydrogen) atoms. The molecule has 0 spiro atoms. The Morgan fingerprint density at radius 1 is 1.24 bits per heavy atom. The number of hydrogen-bond donors (Lipinski definition) is 1. The zero-order valence-electron chi connectivity index (χ0n) is 15.3. The molecule has 0 aromatic heterocycles. The molecule has 3 rings (SSSR count). The Hall–Kier alpha value is -2.55. The fraction of sp³-hybridized carbons (Fsp3) is 0.150. The number of thiocarbonyl (C=S) groups is 1. The standard InChI is InChI=1S/C20H16ClNO5S2/c1-2-26-16-8-12(6-7-15(16)27-11-18(23)24)9-17-19(25)22(20(28)29-17)14-5-3-4-13(21)10-14/h3-10H,2,11H2,1H3,(H,23,24)/b17-9+. The summed E-state index contributed by atoms with van der Waals surface area (Å²) >= 11 is 12.6. The van der Waals surface area contributed by atoms with Crippen molar-refractivity contribution in [1.82, 2.24) is 0 Å². The van der Waals surface area contributed by atoms with Gasteiger partial charge in [0.25, 0.3) is 5.91 Å². The number of carboxylic acids is 1. The molecule has 1 fully saturated rings. The van der Waals surface area contributed by atoms with Crippen LogP contribution >= 0.6 is 35.6 Å².